The fourth-order valence-corrected chi connectivity index (χ4v) is 1.49. The van der Waals surface area contributed by atoms with E-state index in [-0.39, 0.29) is 0 Å². The molecule has 1 heterocycles. The lowest BCUT2D eigenvalue weighted by atomic mass is 9.93. The van der Waals surface area contributed by atoms with E-state index in [9.17, 15) is 13.2 Å². The first-order valence-corrected chi connectivity index (χ1v) is 5.18. The van der Waals surface area contributed by atoms with Gasteiger partial charge in [0.1, 0.15) is 0 Å². The molecule has 0 unspecified atom stereocenters. The van der Waals surface area contributed by atoms with Gasteiger partial charge in [0, 0.05) is 18.8 Å². The molecule has 1 fully saturated rings. The number of hydrogen-bond acceptors (Lipinski definition) is 3. The van der Waals surface area contributed by atoms with Crippen molar-refractivity contribution in [3.8, 4) is 0 Å². The molecule has 1 N–H and O–H groups in total. The monoisotopic (exact) mass is 231 g/mol. The molecule has 0 aliphatic heterocycles. The molecule has 1 saturated carbocycles. The van der Waals surface area contributed by atoms with Crippen molar-refractivity contribution in [1.29, 1.82) is 0 Å². The lowest BCUT2D eigenvalue weighted by Gasteiger charge is -2.26. The fourth-order valence-electron chi connectivity index (χ4n) is 1.49. The summed E-state index contributed by atoms with van der Waals surface area (Å²) >= 11 is 0. The summed E-state index contributed by atoms with van der Waals surface area (Å²) in [5.41, 5.74) is 0.384. The molecule has 0 saturated heterocycles. The van der Waals surface area contributed by atoms with Crippen molar-refractivity contribution in [2.75, 3.05) is 0 Å². The highest BCUT2D eigenvalue weighted by atomic mass is 19.4. The standard InChI is InChI=1S/C10H12F3N3/c11-10(12,13)9-14-5-4-8(16-9)6-15-7-2-1-3-7/h4-5,7,15H,1-3,6H2. The van der Waals surface area contributed by atoms with Gasteiger partial charge in [0.05, 0.1) is 5.69 Å². The Labute approximate surface area is 91.1 Å². The Morgan fingerprint density at radius 1 is 1.38 bits per heavy atom. The van der Waals surface area contributed by atoms with Crippen LogP contribution in [0.25, 0.3) is 0 Å². The van der Waals surface area contributed by atoms with Crippen LogP contribution in [0.5, 0.6) is 0 Å². The second-order valence-corrected chi connectivity index (χ2v) is 3.88. The second-order valence-electron chi connectivity index (χ2n) is 3.88. The van der Waals surface area contributed by atoms with Gasteiger partial charge in [0.2, 0.25) is 5.82 Å². The smallest absolute Gasteiger partial charge is 0.308 e. The van der Waals surface area contributed by atoms with Crippen molar-refractivity contribution in [2.45, 2.75) is 38.0 Å². The van der Waals surface area contributed by atoms with Gasteiger partial charge >= 0.3 is 6.18 Å². The van der Waals surface area contributed by atoms with E-state index in [1.807, 2.05) is 0 Å². The Kier molecular flexibility index (Phi) is 3.09. The third kappa shape index (κ3) is 2.69. The first-order valence-electron chi connectivity index (χ1n) is 5.18. The third-order valence-electron chi connectivity index (χ3n) is 2.64. The molecule has 3 nitrogen and oxygen atoms in total. The molecule has 0 amide bonds. The van der Waals surface area contributed by atoms with Crippen LogP contribution in [0.15, 0.2) is 12.3 Å². The highest BCUT2D eigenvalue weighted by Gasteiger charge is 2.34. The van der Waals surface area contributed by atoms with E-state index in [0.717, 1.165) is 19.0 Å². The van der Waals surface area contributed by atoms with E-state index in [1.165, 1.54) is 12.5 Å². The normalized spacial score (nSPS) is 17.2. The topological polar surface area (TPSA) is 37.8 Å². The Balaban J connectivity index is 1.98. The van der Waals surface area contributed by atoms with E-state index in [4.69, 9.17) is 0 Å². The zero-order chi connectivity index (χ0) is 11.6. The number of rotatable bonds is 3. The fraction of sp³-hybridized carbons (Fsp3) is 0.600. The maximum absolute atomic E-state index is 12.3. The molecule has 0 spiro atoms. The van der Waals surface area contributed by atoms with Gasteiger partial charge in [-0.25, -0.2) is 9.97 Å². The lowest BCUT2D eigenvalue weighted by Crippen LogP contribution is -2.34. The first kappa shape index (κ1) is 11.3. The summed E-state index contributed by atoms with van der Waals surface area (Å²) < 4.78 is 36.9. The van der Waals surface area contributed by atoms with E-state index in [1.54, 1.807) is 0 Å². The summed E-state index contributed by atoms with van der Waals surface area (Å²) in [5.74, 6) is -1.07. The van der Waals surface area contributed by atoms with E-state index in [0.29, 0.717) is 18.3 Å². The van der Waals surface area contributed by atoms with E-state index in [2.05, 4.69) is 15.3 Å². The molecule has 0 radical (unpaired) electrons. The quantitative estimate of drug-likeness (QED) is 0.866. The van der Waals surface area contributed by atoms with Crippen LogP contribution in [-0.4, -0.2) is 16.0 Å². The van der Waals surface area contributed by atoms with Crippen LogP contribution in [-0.2, 0) is 12.7 Å². The van der Waals surface area contributed by atoms with Crippen molar-refractivity contribution in [3.05, 3.63) is 23.8 Å². The van der Waals surface area contributed by atoms with Gasteiger partial charge in [-0.15, -0.1) is 0 Å². The minimum Gasteiger partial charge on any atom is -0.308 e. The minimum atomic E-state index is -4.47. The van der Waals surface area contributed by atoms with E-state index < -0.39 is 12.0 Å². The average molecular weight is 231 g/mol. The molecule has 1 aliphatic carbocycles. The Bertz CT molecular complexity index is 361. The molecule has 88 valence electrons. The van der Waals surface area contributed by atoms with Gasteiger partial charge < -0.3 is 5.32 Å². The summed E-state index contributed by atoms with van der Waals surface area (Å²) in [4.78, 5) is 6.68. The average Bonchev–Trinajstić information content (AvgIpc) is 2.14. The lowest BCUT2D eigenvalue weighted by molar-refractivity contribution is -0.145. The van der Waals surface area contributed by atoms with Crippen molar-refractivity contribution < 1.29 is 13.2 Å². The molecule has 1 aromatic heterocycles. The van der Waals surface area contributed by atoms with Crippen LogP contribution in [0, 0.1) is 0 Å². The van der Waals surface area contributed by atoms with Crippen molar-refractivity contribution in [1.82, 2.24) is 15.3 Å². The minimum absolute atomic E-state index is 0.371. The van der Waals surface area contributed by atoms with Crippen LogP contribution in [0.4, 0.5) is 13.2 Å². The predicted octanol–water partition coefficient (Wildman–Crippen LogP) is 2.14. The largest absolute Gasteiger partial charge is 0.451 e. The number of nitrogens with one attached hydrogen (secondary N) is 1. The van der Waals surface area contributed by atoms with Gasteiger partial charge in [0.25, 0.3) is 0 Å². The van der Waals surface area contributed by atoms with Crippen molar-refractivity contribution in [2.24, 2.45) is 0 Å². The van der Waals surface area contributed by atoms with Gasteiger partial charge in [-0.3, -0.25) is 0 Å². The van der Waals surface area contributed by atoms with Crippen LogP contribution in [0.3, 0.4) is 0 Å². The molecular weight excluding hydrogens is 219 g/mol. The maximum Gasteiger partial charge on any atom is 0.451 e. The summed E-state index contributed by atoms with van der Waals surface area (Å²) in [7, 11) is 0. The third-order valence-corrected chi connectivity index (χ3v) is 2.64. The number of aromatic nitrogens is 2. The maximum atomic E-state index is 12.3. The zero-order valence-electron chi connectivity index (χ0n) is 8.59. The van der Waals surface area contributed by atoms with Crippen LogP contribution >= 0.6 is 0 Å². The number of halogens is 3. The van der Waals surface area contributed by atoms with Crippen molar-refractivity contribution in [3.63, 3.8) is 0 Å². The molecule has 1 aromatic rings. The van der Waals surface area contributed by atoms with Crippen LogP contribution < -0.4 is 5.32 Å². The zero-order valence-corrected chi connectivity index (χ0v) is 8.59. The summed E-state index contributed by atoms with van der Waals surface area (Å²) in [6, 6.07) is 1.94. The Hall–Kier alpha value is -1.17. The van der Waals surface area contributed by atoms with Crippen molar-refractivity contribution >= 4 is 0 Å². The molecule has 0 aromatic carbocycles. The SMILES string of the molecule is FC(F)(F)c1nccc(CNC2CCC2)n1. The Morgan fingerprint density at radius 3 is 2.69 bits per heavy atom. The first-order chi connectivity index (χ1) is 7.55. The summed E-state index contributed by atoms with van der Waals surface area (Å²) in [6.45, 7) is 0.371. The van der Waals surface area contributed by atoms with Gasteiger partial charge in [-0.2, -0.15) is 13.2 Å². The summed E-state index contributed by atoms with van der Waals surface area (Å²) in [6.07, 6.45) is 0.0593. The van der Waals surface area contributed by atoms with Gasteiger partial charge in [-0.05, 0) is 18.9 Å². The molecule has 0 atom stereocenters. The molecule has 6 heteroatoms. The molecule has 2 rings (SSSR count). The van der Waals surface area contributed by atoms with Gasteiger partial charge in [-0.1, -0.05) is 6.42 Å². The van der Waals surface area contributed by atoms with Gasteiger partial charge in [0.15, 0.2) is 0 Å². The predicted molar refractivity (Wildman–Crippen MR) is 51.5 cm³/mol. The second kappa shape index (κ2) is 4.37. The highest BCUT2D eigenvalue weighted by Crippen LogP contribution is 2.25. The highest BCUT2D eigenvalue weighted by molar-refractivity contribution is 5.04. The number of hydrogen-bond donors (Lipinski definition) is 1. The molecule has 0 bridgehead atoms. The number of alkyl halides is 3. The van der Waals surface area contributed by atoms with Crippen LogP contribution in [0.1, 0.15) is 30.8 Å². The Morgan fingerprint density at radius 2 is 2.12 bits per heavy atom. The molecule has 16 heavy (non-hydrogen) atoms. The summed E-state index contributed by atoms with van der Waals surface area (Å²) in [5, 5.41) is 3.16. The van der Waals surface area contributed by atoms with Crippen LogP contribution in [0.2, 0.25) is 0 Å². The molecular formula is C10H12F3N3. The van der Waals surface area contributed by atoms with E-state index >= 15 is 0 Å². The molecule has 1 aliphatic rings. The number of nitrogens with zero attached hydrogens (tertiary/aromatic N) is 2.